The van der Waals surface area contributed by atoms with E-state index in [1.54, 1.807) is 0 Å². The summed E-state index contributed by atoms with van der Waals surface area (Å²) in [6.07, 6.45) is 1.80. The summed E-state index contributed by atoms with van der Waals surface area (Å²) >= 11 is 0. The summed E-state index contributed by atoms with van der Waals surface area (Å²) in [5.74, 6) is -0.0380. The summed E-state index contributed by atoms with van der Waals surface area (Å²) in [6.45, 7) is 5.30. The molecule has 25 heavy (non-hydrogen) atoms. The highest BCUT2D eigenvalue weighted by atomic mass is 16.2. The third kappa shape index (κ3) is 4.27. The average Bonchev–Trinajstić information content (AvgIpc) is 2.62. The van der Waals surface area contributed by atoms with Crippen molar-refractivity contribution in [2.75, 3.05) is 13.1 Å². The highest BCUT2D eigenvalue weighted by molar-refractivity contribution is 5.95. The van der Waals surface area contributed by atoms with Crippen molar-refractivity contribution in [1.29, 1.82) is 0 Å². The van der Waals surface area contributed by atoms with Crippen LogP contribution in [-0.2, 0) is 0 Å². The number of aryl methyl sites for hydroxylation is 2. The smallest absolute Gasteiger partial charge is 0.253 e. The SMILES string of the molecule is Cc1ccc(C(=O)NC2CCCN(C(=O)c3ccc(C)cc3)C2)cc1. The van der Waals surface area contributed by atoms with Gasteiger partial charge < -0.3 is 10.2 Å². The largest absolute Gasteiger partial charge is 0.348 e. The minimum atomic E-state index is -0.0744. The molecule has 0 radical (unpaired) electrons. The first-order chi connectivity index (χ1) is 12.0. The Bertz CT molecular complexity index is 750. The van der Waals surface area contributed by atoms with Crippen LogP contribution >= 0.6 is 0 Å². The third-order valence-corrected chi connectivity index (χ3v) is 4.66. The minimum absolute atomic E-state index is 0.00282. The van der Waals surface area contributed by atoms with Crippen molar-refractivity contribution in [3.05, 3.63) is 70.8 Å². The van der Waals surface area contributed by atoms with Crippen LogP contribution in [0.5, 0.6) is 0 Å². The topological polar surface area (TPSA) is 49.4 Å². The summed E-state index contributed by atoms with van der Waals surface area (Å²) in [5, 5.41) is 3.07. The molecule has 1 atom stereocenters. The maximum absolute atomic E-state index is 12.7. The highest BCUT2D eigenvalue weighted by Gasteiger charge is 2.25. The van der Waals surface area contributed by atoms with Crippen molar-refractivity contribution in [3.63, 3.8) is 0 Å². The maximum atomic E-state index is 12.7. The van der Waals surface area contributed by atoms with Gasteiger partial charge in [-0.1, -0.05) is 35.4 Å². The molecule has 0 aromatic heterocycles. The van der Waals surface area contributed by atoms with E-state index in [1.807, 2.05) is 67.3 Å². The fraction of sp³-hybridized carbons (Fsp3) is 0.333. The van der Waals surface area contributed by atoms with E-state index in [4.69, 9.17) is 0 Å². The van der Waals surface area contributed by atoms with Gasteiger partial charge in [0.15, 0.2) is 0 Å². The monoisotopic (exact) mass is 336 g/mol. The molecule has 1 heterocycles. The van der Waals surface area contributed by atoms with E-state index in [-0.39, 0.29) is 17.9 Å². The Morgan fingerprint density at radius 3 is 2.08 bits per heavy atom. The molecule has 1 N–H and O–H groups in total. The Labute approximate surface area is 148 Å². The van der Waals surface area contributed by atoms with Gasteiger partial charge in [-0.3, -0.25) is 9.59 Å². The summed E-state index contributed by atoms with van der Waals surface area (Å²) in [4.78, 5) is 26.9. The van der Waals surface area contributed by atoms with Gasteiger partial charge in [0.2, 0.25) is 0 Å². The number of piperidine rings is 1. The summed E-state index contributed by atoms with van der Waals surface area (Å²) in [5.41, 5.74) is 3.63. The van der Waals surface area contributed by atoms with E-state index >= 15 is 0 Å². The van der Waals surface area contributed by atoms with Crippen molar-refractivity contribution < 1.29 is 9.59 Å². The molecule has 4 nitrogen and oxygen atoms in total. The first-order valence-electron chi connectivity index (χ1n) is 8.76. The Morgan fingerprint density at radius 2 is 1.48 bits per heavy atom. The molecule has 1 fully saturated rings. The van der Waals surface area contributed by atoms with E-state index in [0.717, 1.165) is 30.5 Å². The summed E-state index contributed by atoms with van der Waals surface area (Å²) in [6, 6.07) is 15.2. The molecule has 0 saturated carbocycles. The van der Waals surface area contributed by atoms with Crippen molar-refractivity contribution in [2.45, 2.75) is 32.7 Å². The molecule has 130 valence electrons. The van der Waals surface area contributed by atoms with E-state index in [1.165, 1.54) is 0 Å². The number of carbonyl (C=O) groups excluding carboxylic acids is 2. The summed E-state index contributed by atoms with van der Waals surface area (Å²) < 4.78 is 0. The molecular weight excluding hydrogens is 312 g/mol. The fourth-order valence-electron chi connectivity index (χ4n) is 3.13. The lowest BCUT2D eigenvalue weighted by molar-refractivity contribution is 0.0676. The van der Waals surface area contributed by atoms with E-state index < -0.39 is 0 Å². The average molecular weight is 336 g/mol. The molecule has 3 rings (SSSR count). The quantitative estimate of drug-likeness (QED) is 0.934. The molecule has 0 bridgehead atoms. The normalized spacial score (nSPS) is 17.2. The number of amides is 2. The standard InChI is InChI=1S/C21H24N2O2/c1-15-5-9-17(10-6-15)20(24)22-19-4-3-13-23(14-19)21(25)18-11-7-16(2)8-12-18/h5-12,19H,3-4,13-14H2,1-2H3,(H,22,24). The number of nitrogens with one attached hydrogen (secondary N) is 1. The predicted octanol–water partition coefficient (Wildman–Crippen LogP) is 3.34. The van der Waals surface area contributed by atoms with Gasteiger partial charge in [0.1, 0.15) is 0 Å². The second kappa shape index (κ2) is 7.51. The zero-order valence-electron chi connectivity index (χ0n) is 14.8. The maximum Gasteiger partial charge on any atom is 0.253 e. The number of hydrogen-bond donors (Lipinski definition) is 1. The zero-order chi connectivity index (χ0) is 17.8. The lowest BCUT2D eigenvalue weighted by atomic mass is 10.0. The van der Waals surface area contributed by atoms with Crippen molar-refractivity contribution in [3.8, 4) is 0 Å². The van der Waals surface area contributed by atoms with Gasteiger partial charge in [0, 0.05) is 30.3 Å². The second-order valence-electron chi connectivity index (χ2n) is 6.80. The van der Waals surface area contributed by atoms with Crippen LogP contribution in [-0.4, -0.2) is 35.8 Å². The Balaban J connectivity index is 1.62. The molecule has 1 saturated heterocycles. The summed E-state index contributed by atoms with van der Waals surface area (Å²) in [7, 11) is 0. The van der Waals surface area contributed by atoms with Gasteiger partial charge in [-0.2, -0.15) is 0 Å². The first-order valence-corrected chi connectivity index (χ1v) is 8.76. The molecule has 1 aliphatic heterocycles. The van der Waals surface area contributed by atoms with Gasteiger partial charge in [-0.15, -0.1) is 0 Å². The molecule has 0 spiro atoms. The molecule has 2 aromatic rings. The van der Waals surface area contributed by atoms with Crippen LogP contribution in [0.25, 0.3) is 0 Å². The number of carbonyl (C=O) groups is 2. The van der Waals surface area contributed by atoms with Gasteiger partial charge in [0.25, 0.3) is 11.8 Å². The molecular formula is C21H24N2O2. The molecule has 1 aliphatic rings. The van der Waals surface area contributed by atoms with Gasteiger partial charge in [0.05, 0.1) is 0 Å². The number of rotatable bonds is 3. The van der Waals surface area contributed by atoms with Gasteiger partial charge in [-0.05, 0) is 51.0 Å². The number of nitrogens with zero attached hydrogens (tertiary/aromatic N) is 1. The van der Waals surface area contributed by atoms with Crippen LogP contribution in [0, 0.1) is 13.8 Å². The lowest BCUT2D eigenvalue weighted by Gasteiger charge is -2.33. The van der Waals surface area contributed by atoms with E-state index in [9.17, 15) is 9.59 Å². The first kappa shape index (κ1) is 17.2. The third-order valence-electron chi connectivity index (χ3n) is 4.66. The molecule has 0 aliphatic carbocycles. The van der Waals surface area contributed by atoms with Crippen LogP contribution < -0.4 is 5.32 Å². The van der Waals surface area contributed by atoms with Crippen LogP contribution in [0.1, 0.15) is 44.7 Å². The highest BCUT2D eigenvalue weighted by Crippen LogP contribution is 2.15. The minimum Gasteiger partial charge on any atom is -0.348 e. The van der Waals surface area contributed by atoms with Crippen molar-refractivity contribution in [2.24, 2.45) is 0 Å². The van der Waals surface area contributed by atoms with E-state index in [0.29, 0.717) is 17.7 Å². The van der Waals surface area contributed by atoms with Gasteiger partial charge >= 0.3 is 0 Å². The van der Waals surface area contributed by atoms with E-state index in [2.05, 4.69) is 5.32 Å². The predicted molar refractivity (Wildman–Crippen MR) is 98.7 cm³/mol. The number of likely N-dealkylation sites (tertiary alicyclic amines) is 1. The number of benzene rings is 2. The molecule has 4 heteroatoms. The number of hydrogen-bond acceptors (Lipinski definition) is 2. The Morgan fingerprint density at radius 1 is 0.920 bits per heavy atom. The Hall–Kier alpha value is -2.62. The molecule has 1 unspecified atom stereocenters. The van der Waals surface area contributed by atoms with Crippen molar-refractivity contribution >= 4 is 11.8 Å². The molecule has 2 aromatic carbocycles. The second-order valence-corrected chi connectivity index (χ2v) is 6.80. The van der Waals surface area contributed by atoms with Crippen molar-refractivity contribution in [1.82, 2.24) is 10.2 Å². The fourth-order valence-corrected chi connectivity index (χ4v) is 3.13. The molecule has 2 amide bonds. The Kier molecular flexibility index (Phi) is 5.17. The van der Waals surface area contributed by atoms with Gasteiger partial charge in [-0.25, -0.2) is 0 Å². The van der Waals surface area contributed by atoms with Crippen LogP contribution in [0.2, 0.25) is 0 Å². The van der Waals surface area contributed by atoms with Crippen LogP contribution in [0.4, 0.5) is 0 Å². The zero-order valence-corrected chi connectivity index (χ0v) is 14.8. The van der Waals surface area contributed by atoms with Crippen LogP contribution in [0.3, 0.4) is 0 Å². The lowest BCUT2D eigenvalue weighted by Crippen LogP contribution is -2.49. The van der Waals surface area contributed by atoms with Crippen LogP contribution in [0.15, 0.2) is 48.5 Å².